The molecule has 0 aliphatic heterocycles. The van der Waals surface area contributed by atoms with Gasteiger partial charge in [-0.05, 0) is 33.7 Å². The molecule has 2 rings (SSSR count). The Morgan fingerprint density at radius 3 is 3.00 bits per heavy atom. The van der Waals surface area contributed by atoms with Gasteiger partial charge in [0.05, 0.1) is 11.4 Å². The number of nitrogens with one attached hydrogen (secondary N) is 1. The summed E-state index contributed by atoms with van der Waals surface area (Å²) < 4.78 is 2.07. The Labute approximate surface area is 84.7 Å². The maximum Gasteiger partial charge on any atom is 0.0862 e. The van der Waals surface area contributed by atoms with Gasteiger partial charge in [-0.3, -0.25) is 0 Å². The predicted octanol–water partition coefficient (Wildman–Crippen LogP) is 1.11. The molecule has 0 aromatic carbocycles. The van der Waals surface area contributed by atoms with E-state index in [-0.39, 0.29) is 0 Å². The molecule has 0 amide bonds. The van der Waals surface area contributed by atoms with E-state index in [2.05, 4.69) is 34.2 Å². The Balaban J connectivity index is 2.30. The molecular formula is C10H18N4. The molecule has 1 aromatic rings. The Morgan fingerprint density at radius 2 is 2.36 bits per heavy atom. The van der Waals surface area contributed by atoms with Gasteiger partial charge in [-0.1, -0.05) is 5.21 Å². The number of hydrogen-bond donors (Lipinski definition) is 1. The smallest absolute Gasteiger partial charge is 0.0862 e. The maximum absolute atomic E-state index is 4.24. The van der Waals surface area contributed by atoms with Crippen molar-refractivity contribution < 1.29 is 0 Å². The van der Waals surface area contributed by atoms with Crippen LogP contribution in [0.15, 0.2) is 0 Å². The number of rotatable bonds is 3. The van der Waals surface area contributed by atoms with E-state index >= 15 is 0 Å². The topological polar surface area (TPSA) is 42.7 Å². The van der Waals surface area contributed by atoms with Crippen molar-refractivity contribution in [1.29, 1.82) is 0 Å². The van der Waals surface area contributed by atoms with E-state index in [4.69, 9.17) is 0 Å². The molecule has 0 fully saturated rings. The maximum atomic E-state index is 4.24. The van der Waals surface area contributed by atoms with Crippen LogP contribution in [0.5, 0.6) is 0 Å². The second kappa shape index (κ2) is 3.69. The van der Waals surface area contributed by atoms with Gasteiger partial charge in [0.1, 0.15) is 0 Å². The van der Waals surface area contributed by atoms with Gasteiger partial charge < -0.3 is 5.32 Å². The van der Waals surface area contributed by atoms with Gasteiger partial charge in [0, 0.05) is 18.5 Å². The molecule has 0 bridgehead atoms. The van der Waals surface area contributed by atoms with Crippen molar-refractivity contribution in [1.82, 2.24) is 20.3 Å². The van der Waals surface area contributed by atoms with Gasteiger partial charge in [0.2, 0.25) is 0 Å². The molecule has 1 aliphatic carbocycles. The van der Waals surface area contributed by atoms with E-state index in [9.17, 15) is 0 Å². The van der Waals surface area contributed by atoms with Crippen LogP contribution in [0.2, 0.25) is 0 Å². The molecule has 1 aliphatic rings. The van der Waals surface area contributed by atoms with E-state index in [0.29, 0.717) is 12.0 Å². The van der Waals surface area contributed by atoms with Crippen LogP contribution in [0.4, 0.5) is 0 Å². The number of likely N-dealkylation sites (N-methyl/N-ethyl adjacent to an activating group) is 1. The number of aryl methyl sites for hydroxylation is 1. The van der Waals surface area contributed by atoms with Crippen LogP contribution in [-0.4, -0.2) is 28.6 Å². The second-order valence-electron chi connectivity index (χ2n) is 4.25. The third-order valence-electron chi connectivity index (χ3n) is 2.86. The zero-order valence-corrected chi connectivity index (χ0v) is 9.12. The van der Waals surface area contributed by atoms with Crippen LogP contribution in [0.25, 0.3) is 0 Å². The highest BCUT2D eigenvalue weighted by Gasteiger charge is 2.28. The van der Waals surface area contributed by atoms with Crippen LogP contribution >= 0.6 is 0 Å². The Kier molecular flexibility index (Phi) is 2.54. The summed E-state index contributed by atoms with van der Waals surface area (Å²) in [4.78, 5) is 0. The minimum atomic E-state index is 0.420. The molecule has 0 radical (unpaired) electrons. The third-order valence-corrected chi connectivity index (χ3v) is 2.86. The van der Waals surface area contributed by atoms with Crippen LogP contribution in [0, 0.1) is 0 Å². The zero-order valence-electron chi connectivity index (χ0n) is 9.12. The average Bonchev–Trinajstić information content (AvgIpc) is 2.67. The molecule has 1 N–H and O–H groups in total. The van der Waals surface area contributed by atoms with Crippen molar-refractivity contribution in [3.63, 3.8) is 0 Å². The van der Waals surface area contributed by atoms with E-state index < -0.39 is 0 Å². The van der Waals surface area contributed by atoms with E-state index in [0.717, 1.165) is 13.0 Å². The molecular weight excluding hydrogens is 176 g/mol. The molecule has 1 atom stereocenters. The van der Waals surface area contributed by atoms with Gasteiger partial charge >= 0.3 is 0 Å². The lowest BCUT2D eigenvalue weighted by atomic mass is 10.1. The largest absolute Gasteiger partial charge is 0.319 e. The van der Waals surface area contributed by atoms with Crippen LogP contribution in [0.1, 0.15) is 43.6 Å². The monoisotopic (exact) mass is 194 g/mol. The van der Waals surface area contributed by atoms with Gasteiger partial charge in [0.25, 0.3) is 0 Å². The Bertz CT molecular complexity index is 316. The number of fused-ring (bicyclic) bond motifs is 1. The van der Waals surface area contributed by atoms with Gasteiger partial charge in [0.15, 0.2) is 0 Å². The standard InChI is InChI=1S/C10H18N4/c1-7(2)14-10-8(6-11-3)4-5-9(10)12-13-14/h7-8,11H,4-6H2,1-3H3. The number of hydrogen-bond acceptors (Lipinski definition) is 3. The lowest BCUT2D eigenvalue weighted by molar-refractivity contribution is 0.464. The normalized spacial score (nSPS) is 20.4. The quantitative estimate of drug-likeness (QED) is 0.783. The highest BCUT2D eigenvalue weighted by Crippen LogP contribution is 2.32. The minimum absolute atomic E-state index is 0.420. The van der Waals surface area contributed by atoms with Crippen molar-refractivity contribution in [3.8, 4) is 0 Å². The molecule has 1 aromatic heterocycles. The molecule has 1 heterocycles. The van der Waals surface area contributed by atoms with Gasteiger partial charge in [-0.2, -0.15) is 0 Å². The molecule has 1 unspecified atom stereocenters. The highest BCUT2D eigenvalue weighted by atomic mass is 15.4. The predicted molar refractivity (Wildman–Crippen MR) is 55.4 cm³/mol. The molecule has 4 nitrogen and oxygen atoms in total. The van der Waals surface area contributed by atoms with Crippen LogP contribution in [-0.2, 0) is 6.42 Å². The molecule has 4 heteroatoms. The first kappa shape index (κ1) is 9.65. The third kappa shape index (κ3) is 1.43. The van der Waals surface area contributed by atoms with Crippen molar-refractivity contribution in [2.75, 3.05) is 13.6 Å². The summed E-state index contributed by atoms with van der Waals surface area (Å²) in [5.74, 6) is 0.604. The van der Waals surface area contributed by atoms with Crippen molar-refractivity contribution in [2.45, 2.75) is 38.6 Å². The highest BCUT2D eigenvalue weighted by molar-refractivity contribution is 5.22. The van der Waals surface area contributed by atoms with Crippen LogP contribution in [0.3, 0.4) is 0 Å². The second-order valence-corrected chi connectivity index (χ2v) is 4.25. The fraction of sp³-hybridized carbons (Fsp3) is 0.800. The molecule has 0 spiro atoms. The summed E-state index contributed by atoms with van der Waals surface area (Å²) in [6.07, 6.45) is 2.31. The minimum Gasteiger partial charge on any atom is -0.319 e. The first-order valence-electron chi connectivity index (χ1n) is 5.32. The SMILES string of the molecule is CNCC1CCc2nnn(C(C)C)c21. The summed E-state index contributed by atoms with van der Waals surface area (Å²) in [6.45, 7) is 5.35. The number of nitrogens with zero attached hydrogens (tertiary/aromatic N) is 3. The van der Waals surface area contributed by atoms with Gasteiger partial charge in [-0.25, -0.2) is 4.68 Å². The summed E-state index contributed by atoms with van der Waals surface area (Å²) in [5, 5.41) is 11.7. The van der Waals surface area contributed by atoms with E-state index in [1.165, 1.54) is 17.8 Å². The van der Waals surface area contributed by atoms with Gasteiger partial charge in [-0.15, -0.1) is 5.10 Å². The summed E-state index contributed by atoms with van der Waals surface area (Å²) in [6, 6.07) is 0.420. The fourth-order valence-electron chi connectivity index (χ4n) is 2.21. The summed E-state index contributed by atoms with van der Waals surface area (Å²) in [5.41, 5.74) is 2.56. The van der Waals surface area contributed by atoms with Crippen LogP contribution < -0.4 is 5.32 Å². The first-order chi connectivity index (χ1) is 6.74. The van der Waals surface area contributed by atoms with E-state index in [1.54, 1.807) is 0 Å². The lowest BCUT2D eigenvalue weighted by Gasteiger charge is -2.14. The first-order valence-corrected chi connectivity index (χ1v) is 5.32. The molecule has 0 saturated carbocycles. The Morgan fingerprint density at radius 1 is 1.57 bits per heavy atom. The Hall–Kier alpha value is -0.900. The summed E-state index contributed by atoms with van der Waals surface area (Å²) in [7, 11) is 2.00. The van der Waals surface area contributed by atoms with Crippen molar-refractivity contribution >= 4 is 0 Å². The summed E-state index contributed by atoms with van der Waals surface area (Å²) >= 11 is 0. The number of aromatic nitrogens is 3. The van der Waals surface area contributed by atoms with E-state index in [1.807, 2.05) is 7.05 Å². The molecule has 78 valence electrons. The zero-order chi connectivity index (χ0) is 10.1. The van der Waals surface area contributed by atoms with Crippen molar-refractivity contribution in [3.05, 3.63) is 11.4 Å². The molecule has 0 saturated heterocycles. The fourth-order valence-corrected chi connectivity index (χ4v) is 2.21. The molecule has 14 heavy (non-hydrogen) atoms. The lowest BCUT2D eigenvalue weighted by Crippen LogP contribution is -2.19. The average molecular weight is 194 g/mol. The van der Waals surface area contributed by atoms with Crippen molar-refractivity contribution in [2.24, 2.45) is 0 Å².